The van der Waals surface area contributed by atoms with E-state index in [9.17, 15) is 9.18 Å². The van der Waals surface area contributed by atoms with E-state index in [-0.39, 0.29) is 11.7 Å². The summed E-state index contributed by atoms with van der Waals surface area (Å²) in [7, 11) is 1.65. The van der Waals surface area contributed by atoms with Crippen LogP contribution in [0.2, 0.25) is 0 Å². The fourth-order valence-electron chi connectivity index (χ4n) is 1.77. The molecule has 0 atom stereocenters. The van der Waals surface area contributed by atoms with Gasteiger partial charge in [0, 0.05) is 7.05 Å². The van der Waals surface area contributed by atoms with E-state index < -0.39 is 5.41 Å². The van der Waals surface area contributed by atoms with Gasteiger partial charge in [-0.05, 0) is 30.5 Å². The second-order valence-electron chi connectivity index (χ2n) is 3.79. The van der Waals surface area contributed by atoms with Crippen LogP contribution < -0.4 is 10.9 Å². The van der Waals surface area contributed by atoms with Gasteiger partial charge < -0.3 is 0 Å². The van der Waals surface area contributed by atoms with Crippen LogP contribution in [0, 0.1) is 5.82 Å². The molecule has 0 saturated heterocycles. The second-order valence-corrected chi connectivity index (χ2v) is 3.79. The van der Waals surface area contributed by atoms with Crippen LogP contribution in [0.3, 0.4) is 0 Å². The molecule has 80 valence electrons. The van der Waals surface area contributed by atoms with Crippen molar-refractivity contribution in [3.63, 3.8) is 0 Å². The van der Waals surface area contributed by atoms with Gasteiger partial charge in [-0.25, -0.2) is 9.82 Å². The number of rotatable bonds is 3. The number of benzene rings is 1. The SMILES string of the molecule is CNNC(=O)C1(c2ccc(F)cc2)CC1. The molecule has 1 aliphatic rings. The summed E-state index contributed by atoms with van der Waals surface area (Å²) in [6.45, 7) is 0. The number of nitrogens with one attached hydrogen (secondary N) is 2. The summed E-state index contributed by atoms with van der Waals surface area (Å²) in [5.74, 6) is -0.319. The minimum atomic E-state index is -0.434. The highest BCUT2D eigenvalue weighted by Gasteiger charge is 2.51. The van der Waals surface area contributed by atoms with Gasteiger partial charge in [0.1, 0.15) is 5.82 Å². The molecule has 2 N–H and O–H groups in total. The maximum atomic E-state index is 12.7. The molecule has 4 heteroatoms. The molecule has 0 aliphatic heterocycles. The Bertz CT molecular complexity index is 371. The highest BCUT2D eigenvalue weighted by Crippen LogP contribution is 2.48. The van der Waals surface area contributed by atoms with Gasteiger partial charge in [0.2, 0.25) is 5.91 Å². The summed E-state index contributed by atoms with van der Waals surface area (Å²) in [5, 5.41) is 0. The Morgan fingerprint density at radius 1 is 1.33 bits per heavy atom. The van der Waals surface area contributed by atoms with E-state index >= 15 is 0 Å². The predicted octanol–water partition coefficient (Wildman–Crippen LogP) is 1.11. The predicted molar refractivity (Wildman–Crippen MR) is 54.5 cm³/mol. The van der Waals surface area contributed by atoms with E-state index in [1.54, 1.807) is 19.2 Å². The zero-order valence-electron chi connectivity index (χ0n) is 8.51. The Balaban J connectivity index is 2.22. The lowest BCUT2D eigenvalue weighted by Crippen LogP contribution is -2.41. The first kappa shape index (κ1) is 10.1. The highest BCUT2D eigenvalue weighted by atomic mass is 19.1. The van der Waals surface area contributed by atoms with Crippen LogP contribution in [0.1, 0.15) is 18.4 Å². The zero-order valence-corrected chi connectivity index (χ0v) is 8.51. The Labute approximate surface area is 87.6 Å². The van der Waals surface area contributed by atoms with Gasteiger partial charge in [-0.1, -0.05) is 12.1 Å². The van der Waals surface area contributed by atoms with Crippen LogP contribution in [0.4, 0.5) is 4.39 Å². The van der Waals surface area contributed by atoms with Crippen molar-refractivity contribution >= 4 is 5.91 Å². The van der Waals surface area contributed by atoms with Crippen LogP contribution in [-0.2, 0) is 10.2 Å². The lowest BCUT2D eigenvalue weighted by atomic mass is 9.95. The molecule has 2 rings (SSSR count). The monoisotopic (exact) mass is 208 g/mol. The molecule has 1 aliphatic carbocycles. The first-order chi connectivity index (χ1) is 7.19. The first-order valence-corrected chi connectivity index (χ1v) is 4.92. The fourth-order valence-corrected chi connectivity index (χ4v) is 1.77. The van der Waals surface area contributed by atoms with Crippen molar-refractivity contribution in [3.05, 3.63) is 35.6 Å². The molecule has 1 saturated carbocycles. The van der Waals surface area contributed by atoms with Gasteiger partial charge in [0.15, 0.2) is 0 Å². The molecule has 0 radical (unpaired) electrons. The first-order valence-electron chi connectivity index (χ1n) is 4.92. The molecular weight excluding hydrogens is 195 g/mol. The summed E-state index contributed by atoms with van der Waals surface area (Å²) in [6.07, 6.45) is 1.65. The molecule has 0 bridgehead atoms. The zero-order chi connectivity index (χ0) is 10.9. The molecule has 1 fully saturated rings. The van der Waals surface area contributed by atoms with Crippen LogP contribution in [0.5, 0.6) is 0 Å². The van der Waals surface area contributed by atoms with Crippen LogP contribution in [0.15, 0.2) is 24.3 Å². The number of hydrazine groups is 1. The van der Waals surface area contributed by atoms with Crippen molar-refractivity contribution in [2.24, 2.45) is 0 Å². The molecule has 0 spiro atoms. The summed E-state index contributed by atoms with van der Waals surface area (Å²) in [4.78, 5) is 11.7. The number of hydrogen-bond acceptors (Lipinski definition) is 2. The summed E-state index contributed by atoms with van der Waals surface area (Å²) >= 11 is 0. The van der Waals surface area contributed by atoms with E-state index in [4.69, 9.17) is 0 Å². The topological polar surface area (TPSA) is 41.1 Å². The van der Waals surface area contributed by atoms with Crippen molar-refractivity contribution in [1.29, 1.82) is 0 Å². The smallest absolute Gasteiger partial charge is 0.244 e. The third kappa shape index (κ3) is 1.72. The van der Waals surface area contributed by atoms with Gasteiger partial charge in [0.25, 0.3) is 0 Å². The number of carbonyl (C=O) groups is 1. The average Bonchev–Trinajstić information content (AvgIpc) is 3.00. The minimum Gasteiger partial charge on any atom is -0.291 e. The summed E-state index contributed by atoms with van der Waals surface area (Å²) < 4.78 is 12.7. The minimum absolute atomic E-state index is 0.0448. The second kappa shape index (κ2) is 3.62. The van der Waals surface area contributed by atoms with E-state index in [0.29, 0.717) is 0 Å². The molecule has 3 nitrogen and oxygen atoms in total. The van der Waals surface area contributed by atoms with E-state index in [0.717, 1.165) is 18.4 Å². The average molecular weight is 208 g/mol. The maximum Gasteiger partial charge on any atom is 0.244 e. The van der Waals surface area contributed by atoms with Crippen molar-refractivity contribution in [1.82, 2.24) is 10.9 Å². The third-order valence-electron chi connectivity index (χ3n) is 2.82. The quantitative estimate of drug-likeness (QED) is 0.730. The largest absolute Gasteiger partial charge is 0.291 e. The normalized spacial score (nSPS) is 17.2. The maximum absolute atomic E-state index is 12.7. The standard InChI is InChI=1S/C11H13FN2O/c1-13-14-10(15)11(6-7-11)8-2-4-9(12)5-3-8/h2-5,13H,6-7H2,1H3,(H,14,15). The summed E-state index contributed by atoms with van der Waals surface area (Å²) in [5.41, 5.74) is 5.65. The van der Waals surface area contributed by atoms with Crippen LogP contribution in [0.25, 0.3) is 0 Å². The van der Waals surface area contributed by atoms with Crippen molar-refractivity contribution in [2.45, 2.75) is 18.3 Å². The van der Waals surface area contributed by atoms with E-state index in [1.807, 2.05) is 0 Å². The Hall–Kier alpha value is -1.42. The van der Waals surface area contributed by atoms with Gasteiger partial charge in [-0.3, -0.25) is 10.2 Å². The molecule has 0 aromatic heterocycles. The number of amides is 1. The van der Waals surface area contributed by atoms with Crippen LogP contribution >= 0.6 is 0 Å². The Morgan fingerprint density at radius 3 is 2.40 bits per heavy atom. The lowest BCUT2D eigenvalue weighted by molar-refractivity contribution is -0.124. The summed E-state index contributed by atoms with van der Waals surface area (Å²) in [6, 6.07) is 6.14. The van der Waals surface area contributed by atoms with E-state index in [1.165, 1.54) is 12.1 Å². The van der Waals surface area contributed by atoms with Crippen molar-refractivity contribution in [3.8, 4) is 0 Å². The van der Waals surface area contributed by atoms with Crippen molar-refractivity contribution in [2.75, 3.05) is 7.05 Å². The number of carbonyl (C=O) groups excluding carboxylic acids is 1. The fraction of sp³-hybridized carbons (Fsp3) is 0.364. The Morgan fingerprint density at radius 2 is 1.93 bits per heavy atom. The molecule has 0 unspecified atom stereocenters. The third-order valence-corrected chi connectivity index (χ3v) is 2.82. The van der Waals surface area contributed by atoms with Crippen molar-refractivity contribution < 1.29 is 9.18 Å². The van der Waals surface area contributed by atoms with Gasteiger partial charge in [-0.2, -0.15) is 0 Å². The molecular formula is C11H13FN2O. The van der Waals surface area contributed by atoms with Crippen LogP contribution in [-0.4, -0.2) is 13.0 Å². The number of halogens is 1. The molecule has 15 heavy (non-hydrogen) atoms. The molecule has 0 heterocycles. The highest BCUT2D eigenvalue weighted by molar-refractivity contribution is 5.90. The lowest BCUT2D eigenvalue weighted by Gasteiger charge is -2.14. The van der Waals surface area contributed by atoms with E-state index in [2.05, 4.69) is 10.9 Å². The Kier molecular flexibility index (Phi) is 2.44. The van der Waals surface area contributed by atoms with Gasteiger partial charge >= 0.3 is 0 Å². The molecule has 1 amide bonds. The molecule has 1 aromatic rings. The molecule has 1 aromatic carbocycles. The van der Waals surface area contributed by atoms with Gasteiger partial charge in [0.05, 0.1) is 5.41 Å². The van der Waals surface area contributed by atoms with Gasteiger partial charge in [-0.15, -0.1) is 0 Å². The number of hydrogen-bond donors (Lipinski definition) is 2.